The molecule has 0 fully saturated rings. The predicted octanol–water partition coefficient (Wildman–Crippen LogP) is 2.12. The van der Waals surface area contributed by atoms with Gasteiger partial charge >= 0.3 is 0 Å². The van der Waals surface area contributed by atoms with Crippen LogP contribution in [0.3, 0.4) is 0 Å². The lowest BCUT2D eigenvalue weighted by Gasteiger charge is -2.13. The smallest absolute Gasteiger partial charge is 0.240 e. The molecule has 1 aromatic heterocycles. The normalized spacial score (nSPS) is 13.3. The number of nitrogen functional groups attached to an aromatic ring is 1. The number of sulfonamides is 1. The summed E-state index contributed by atoms with van der Waals surface area (Å²) in [7, 11) is -3.55. The van der Waals surface area contributed by atoms with Gasteiger partial charge in [0.05, 0.1) is 9.90 Å². The van der Waals surface area contributed by atoms with E-state index in [1.54, 1.807) is 31.3 Å². The topological polar surface area (TPSA) is 85.1 Å². The first-order valence-electron chi connectivity index (χ1n) is 6.16. The molecule has 1 heterocycles. The van der Waals surface area contributed by atoms with Crippen molar-refractivity contribution in [2.24, 2.45) is 0 Å². The Hall–Kier alpha value is -1.44. The van der Waals surface area contributed by atoms with Gasteiger partial charge in [-0.1, -0.05) is 13.0 Å². The molecule has 0 amide bonds. The first-order valence-corrected chi connectivity index (χ1v) is 8.52. The number of rotatable bonds is 5. The number of aromatic nitrogens is 1. The average molecular weight is 311 g/mol. The van der Waals surface area contributed by atoms with Crippen molar-refractivity contribution in [1.29, 1.82) is 0 Å². The second-order valence-electron chi connectivity index (χ2n) is 4.59. The molecule has 1 atom stereocenters. The largest absolute Gasteiger partial charge is 0.398 e. The van der Waals surface area contributed by atoms with Crippen molar-refractivity contribution < 1.29 is 8.42 Å². The van der Waals surface area contributed by atoms with E-state index in [-0.39, 0.29) is 10.8 Å². The molecule has 0 saturated carbocycles. The molecule has 0 spiro atoms. The molecule has 0 bridgehead atoms. The van der Waals surface area contributed by atoms with Crippen molar-refractivity contribution in [1.82, 2.24) is 9.71 Å². The number of hydrogen-bond donors (Lipinski definition) is 2. The number of nitrogens with two attached hydrogens (primary N) is 1. The van der Waals surface area contributed by atoms with E-state index in [1.165, 1.54) is 11.3 Å². The number of benzene rings is 1. The highest BCUT2D eigenvalue weighted by atomic mass is 32.2. The van der Waals surface area contributed by atoms with Gasteiger partial charge in [-0.05, 0) is 24.6 Å². The maximum absolute atomic E-state index is 12.3. The second-order valence-corrected chi connectivity index (χ2v) is 7.26. The first kappa shape index (κ1) is 15.0. The van der Waals surface area contributed by atoms with Crippen LogP contribution in [0.25, 0.3) is 0 Å². The lowest BCUT2D eigenvalue weighted by Crippen LogP contribution is -2.28. The molecule has 20 heavy (non-hydrogen) atoms. The molecule has 1 aromatic carbocycles. The Morgan fingerprint density at radius 3 is 2.85 bits per heavy atom. The van der Waals surface area contributed by atoms with Crippen molar-refractivity contribution in [2.45, 2.75) is 24.7 Å². The minimum absolute atomic E-state index is 0.0335. The van der Waals surface area contributed by atoms with E-state index in [2.05, 4.69) is 9.71 Å². The van der Waals surface area contributed by atoms with Crippen molar-refractivity contribution in [3.05, 3.63) is 40.3 Å². The summed E-state index contributed by atoms with van der Waals surface area (Å²) in [5, 5.41) is 2.79. The molecule has 7 heteroatoms. The highest BCUT2D eigenvalue weighted by Gasteiger charge is 2.19. The van der Waals surface area contributed by atoms with E-state index in [9.17, 15) is 8.42 Å². The highest BCUT2D eigenvalue weighted by molar-refractivity contribution is 7.89. The Balaban J connectivity index is 2.14. The van der Waals surface area contributed by atoms with Crippen molar-refractivity contribution in [3.8, 4) is 0 Å². The Bertz CT molecular complexity index is 682. The lowest BCUT2D eigenvalue weighted by atomic mass is 10.2. The van der Waals surface area contributed by atoms with Gasteiger partial charge in [-0.2, -0.15) is 0 Å². The average Bonchev–Trinajstić information content (AvgIpc) is 2.93. The van der Waals surface area contributed by atoms with E-state index in [1.807, 2.05) is 12.3 Å². The number of nitrogens with zero attached hydrogens (tertiary/aromatic N) is 1. The molecular weight excluding hydrogens is 294 g/mol. The van der Waals surface area contributed by atoms with Crippen LogP contribution in [0, 0.1) is 6.92 Å². The van der Waals surface area contributed by atoms with Crippen LogP contribution in [-0.4, -0.2) is 19.9 Å². The van der Waals surface area contributed by atoms with Gasteiger partial charge in [-0.3, -0.25) is 0 Å². The third-order valence-corrected chi connectivity index (χ3v) is 5.64. The maximum Gasteiger partial charge on any atom is 0.240 e. The molecule has 2 rings (SSSR count). The first-order chi connectivity index (χ1) is 9.42. The standard InChI is InChI=1S/C13H17N3O2S2/c1-9(13-15-6-7-19-13)8-16-20(17,18)12-5-3-4-11(14)10(12)2/h3-7,9,16H,8,14H2,1-2H3. The van der Waals surface area contributed by atoms with Crippen LogP contribution in [-0.2, 0) is 10.0 Å². The number of nitrogens with one attached hydrogen (secondary N) is 1. The SMILES string of the molecule is Cc1c(N)cccc1S(=O)(=O)NCC(C)c1nccs1. The fourth-order valence-corrected chi connectivity index (χ4v) is 3.90. The van der Waals surface area contributed by atoms with Crippen molar-refractivity contribution >= 4 is 27.0 Å². The molecule has 108 valence electrons. The summed E-state index contributed by atoms with van der Waals surface area (Å²) in [6.07, 6.45) is 1.72. The van der Waals surface area contributed by atoms with Gasteiger partial charge in [0, 0.05) is 29.7 Å². The number of anilines is 1. The maximum atomic E-state index is 12.3. The lowest BCUT2D eigenvalue weighted by molar-refractivity contribution is 0.574. The quantitative estimate of drug-likeness (QED) is 0.828. The summed E-state index contributed by atoms with van der Waals surface area (Å²) in [5.74, 6) is 0.0335. The molecule has 1 unspecified atom stereocenters. The highest BCUT2D eigenvalue weighted by Crippen LogP contribution is 2.21. The van der Waals surface area contributed by atoms with Crippen LogP contribution >= 0.6 is 11.3 Å². The van der Waals surface area contributed by atoms with Gasteiger partial charge in [0.1, 0.15) is 0 Å². The van der Waals surface area contributed by atoms with Gasteiger partial charge in [0.15, 0.2) is 0 Å². The summed E-state index contributed by atoms with van der Waals surface area (Å²) in [6.45, 7) is 3.95. The van der Waals surface area contributed by atoms with Crippen LogP contribution in [0.2, 0.25) is 0 Å². The Labute approximate surface area is 122 Å². The fraction of sp³-hybridized carbons (Fsp3) is 0.308. The molecule has 0 aliphatic rings. The van der Waals surface area contributed by atoms with Crippen LogP contribution in [0.4, 0.5) is 5.69 Å². The number of thiazole rings is 1. The van der Waals surface area contributed by atoms with E-state index in [0.717, 1.165) is 5.01 Å². The fourth-order valence-electron chi connectivity index (χ4n) is 1.80. The number of hydrogen-bond acceptors (Lipinski definition) is 5. The van der Waals surface area contributed by atoms with Crippen LogP contribution in [0.15, 0.2) is 34.7 Å². The molecule has 3 N–H and O–H groups in total. The molecule has 2 aromatic rings. The van der Waals surface area contributed by atoms with Crippen LogP contribution in [0.1, 0.15) is 23.4 Å². The molecule has 0 aliphatic heterocycles. The second kappa shape index (κ2) is 5.90. The van der Waals surface area contributed by atoms with Gasteiger partial charge in [-0.25, -0.2) is 18.1 Å². The van der Waals surface area contributed by atoms with Gasteiger partial charge in [0.2, 0.25) is 10.0 Å². The van der Waals surface area contributed by atoms with Crippen molar-refractivity contribution in [3.63, 3.8) is 0 Å². The zero-order valence-corrected chi connectivity index (χ0v) is 13.0. The summed E-state index contributed by atoms with van der Waals surface area (Å²) in [6, 6.07) is 4.88. The van der Waals surface area contributed by atoms with Gasteiger partial charge in [0.25, 0.3) is 0 Å². The Kier molecular flexibility index (Phi) is 4.42. The minimum atomic E-state index is -3.55. The monoisotopic (exact) mass is 311 g/mol. The van der Waals surface area contributed by atoms with E-state index in [0.29, 0.717) is 17.8 Å². The predicted molar refractivity (Wildman–Crippen MR) is 81.3 cm³/mol. The molecular formula is C13H17N3O2S2. The summed E-state index contributed by atoms with van der Waals surface area (Å²) in [4.78, 5) is 4.41. The molecule has 0 aliphatic carbocycles. The van der Waals surface area contributed by atoms with E-state index < -0.39 is 10.0 Å². The van der Waals surface area contributed by atoms with E-state index >= 15 is 0 Å². The molecule has 0 saturated heterocycles. The Morgan fingerprint density at radius 2 is 2.20 bits per heavy atom. The zero-order chi connectivity index (χ0) is 14.8. The molecule has 0 radical (unpaired) electrons. The third-order valence-electron chi connectivity index (χ3n) is 3.07. The third kappa shape index (κ3) is 3.17. The van der Waals surface area contributed by atoms with Crippen LogP contribution < -0.4 is 10.5 Å². The summed E-state index contributed by atoms with van der Waals surface area (Å²) in [5.41, 5.74) is 6.79. The van der Waals surface area contributed by atoms with Gasteiger partial charge < -0.3 is 5.73 Å². The minimum Gasteiger partial charge on any atom is -0.398 e. The Morgan fingerprint density at radius 1 is 1.45 bits per heavy atom. The zero-order valence-electron chi connectivity index (χ0n) is 11.3. The van der Waals surface area contributed by atoms with Crippen molar-refractivity contribution in [2.75, 3.05) is 12.3 Å². The summed E-state index contributed by atoms with van der Waals surface area (Å²) >= 11 is 1.52. The van der Waals surface area contributed by atoms with E-state index in [4.69, 9.17) is 5.73 Å². The van der Waals surface area contributed by atoms with Crippen LogP contribution in [0.5, 0.6) is 0 Å². The molecule has 5 nitrogen and oxygen atoms in total. The van der Waals surface area contributed by atoms with Gasteiger partial charge in [-0.15, -0.1) is 11.3 Å². The summed E-state index contributed by atoms with van der Waals surface area (Å²) < 4.78 is 27.2.